The van der Waals surface area contributed by atoms with E-state index in [4.69, 9.17) is 18.9 Å². The van der Waals surface area contributed by atoms with Gasteiger partial charge in [0.05, 0.1) is 53.2 Å². The second kappa shape index (κ2) is 12.5. The Balaban J connectivity index is 1.95. The average molecular weight is 680 g/mol. The molecule has 0 saturated heterocycles. The average Bonchev–Trinajstić information content (AvgIpc) is 3.19. The van der Waals surface area contributed by atoms with Gasteiger partial charge in [0.25, 0.3) is 5.56 Å². The molecule has 0 fully saturated rings. The van der Waals surface area contributed by atoms with Gasteiger partial charge in [-0.2, -0.15) is 0 Å². The normalized spacial score (nSPS) is 15.1. The zero-order chi connectivity index (χ0) is 28.3. The monoisotopic (exact) mass is 678 g/mol. The molecule has 4 rings (SSSR count). The van der Waals surface area contributed by atoms with Crippen molar-refractivity contribution in [1.29, 1.82) is 0 Å². The van der Waals surface area contributed by atoms with Gasteiger partial charge < -0.3 is 18.9 Å². The molecular weight excluding hydrogens is 652 g/mol. The van der Waals surface area contributed by atoms with E-state index in [-0.39, 0.29) is 17.7 Å². The van der Waals surface area contributed by atoms with E-state index in [1.165, 1.54) is 11.3 Å². The molecule has 0 unspecified atom stereocenters. The molecule has 39 heavy (non-hydrogen) atoms. The minimum atomic E-state index is -0.798. The van der Waals surface area contributed by atoms with Gasteiger partial charge in [-0.1, -0.05) is 33.3 Å². The number of carbonyl (C=O) groups is 1. The zero-order valence-corrected chi connectivity index (χ0v) is 26.2. The van der Waals surface area contributed by atoms with Crippen molar-refractivity contribution in [2.75, 3.05) is 26.9 Å². The van der Waals surface area contributed by atoms with E-state index in [2.05, 4.69) is 36.9 Å². The first kappa shape index (κ1) is 29.1. The summed E-state index contributed by atoms with van der Waals surface area (Å²) in [6.07, 6.45) is 1.80. The standard InChI is InChI=1S/C28H28Br2N2O6S/c1-6-36-20-10-9-16(11-19(20)30)12-23-26(33)32-25(17-13-21(35-5)22(37-7-2)14-18(17)29)24(27(34)38-8-3)15(4)31-28(32)39-23/h9-14,25H,6-8H2,1-5H3/b23-12+/t25-/m0/s1. The molecule has 2 heterocycles. The van der Waals surface area contributed by atoms with Crippen molar-refractivity contribution in [1.82, 2.24) is 4.57 Å². The summed E-state index contributed by atoms with van der Waals surface area (Å²) in [5.41, 5.74) is 1.95. The van der Waals surface area contributed by atoms with Gasteiger partial charge in [-0.15, -0.1) is 0 Å². The van der Waals surface area contributed by atoms with E-state index in [9.17, 15) is 9.59 Å². The number of fused-ring (bicyclic) bond motifs is 1. The Labute approximate surface area is 246 Å². The highest BCUT2D eigenvalue weighted by Gasteiger charge is 2.35. The van der Waals surface area contributed by atoms with Gasteiger partial charge in [0.1, 0.15) is 5.75 Å². The molecule has 0 spiro atoms. The third-order valence-corrected chi connectivity index (χ3v) is 8.24. The lowest BCUT2D eigenvalue weighted by atomic mass is 9.95. The van der Waals surface area contributed by atoms with E-state index in [0.717, 1.165) is 15.8 Å². The molecule has 1 aliphatic heterocycles. The number of esters is 1. The summed E-state index contributed by atoms with van der Waals surface area (Å²) in [5.74, 6) is 1.21. The third-order valence-electron chi connectivity index (χ3n) is 5.95. The number of methoxy groups -OCH3 is 1. The number of hydrogen-bond donors (Lipinski definition) is 0. The van der Waals surface area contributed by atoms with Gasteiger partial charge >= 0.3 is 5.97 Å². The van der Waals surface area contributed by atoms with Crippen LogP contribution >= 0.6 is 43.2 Å². The molecule has 0 N–H and O–H groups in total. The number of thiazole rings is 1. The first-order chi connectivity index (χ1) is 18.7. The molecule has 0 aliphatic carbocycles. The molecule has 0 bridgehead atoms. The van der Waals surface area contributed by atoms with Crippen molar-refractivity contribution in [2.24, 2.45) is 4.99 Å². The summed E-state index contributed by atoms with van der Waals surface area (Å²) >= 11 is 8.43. The lowest BCUT2D eigenvalue weighted by Gasteiger charge is -2.26. The van der Waals surface area contributed by atoms with Crippen LogP contribution in [0.4, 0.5) is 0 Å². The largest absolute Gasteiger partial charge is 0.493 e. The van der Waals surface area contributed by atoms with E-state index in [1.54, 1.807) is 43.7 Å². The Kier molecular flexibility index (Phi) is 9.35. The van der Waals surface area contributed by atoms with E-state index < -0.39 is 12.0 Å². The molecule has 206 valence electrons. The van der Waals surface area contributed by atoms with Crippen LogP contribution in [0.3, 0.4) is 0 Å². The lowest BCUT2D eigenvalue weighted by molar-refractivity contribution is -0.139. The Morgan fingerprint density at radius 3 is 2.38 bits per heavy atom. The maximum atomic E-state index is 13.9. The summed E-state index contributed by atoms with van der Waals surface area (Å²) in [5, 5.41) is 0. The Morgan fingerprint density at radius 2 is 1.74 bits per heavy atom. The first-order valence-corrected chi connectivity index (χ1v) is 14.8. The van der Waals surface area contributed by atoms with Crippen LogP contribution < -0.4 is 29.1 Å². The molecule has 0 amide bonds. The first-order valence-electron chi connectivity index (χ1n) is 12.4. The minimum Gasteiger partial charge on any atom is -0.493 e. The molecule has 1 atom stereocenters. The number of allylic oxidation sites excluding steroid dienone is 1. The number of aromatic nitrogens is 1. The second-order valence-corrected chi connectivity index (χ2v) is 11.1. The van der Waals surface area contributed by atoms with Crippen LogP contribution in [0.2, 0.25) is 0 Å². The van der Waals surface area contributed by atoms with Crippen molar-refractivity contribution in [3.8, 4) is 17.2 Å². The fraction of sp³-hybridized carbons (Fsp3) is 0.321. The van der Waals surface area contributed by atoms with Crippen LogP contribution in [0.5, 0.6) is 17.2 Å². The second-order valence-electron chi connectivity index (χ2n) is 8.38. The number of nitrogens with zero attached hydrogens (tertiary/aromatic N) is 2. The predicted molar refractivity (Wildman–Crippen MR) is 158 cm³/mol. The van der Waals surface area contributed by atoms with Crippen molar-refractivity contribution in [3.63, 3.8) is 0 Å². The minimum absolute atomic E-state index is 0.188. The summed E-state index contributed by atoms with van der Waals surface area (Å²) in [7, 11) is 1.54. The topological polar surface area (TPSA) is 88.4 Å². The van der Waals surface area contributed by atoms with Crippen molar-refractivity contribution < 1.29 is 23.7 Å². The summed E-state index contributed by atoms with van der Waals surface area (Å²) < 4.78 is 25.8. The number of ether oxygens (including phenoxy) is 4. The molecule has 1 aliphatic rings. The molecule has 0 radical (unpaired) electrons. The highest BCUT2D eigenvalue weighted by molar-refractivity contribution is 9.10. The molecular formula is C28H28Br2N2O6S. The Hall–Kier alpha value is -2.89. The van der Waals surface area contributed by atoms with Crippen molar-refractivity contribution in [3.05, 3.63) is 81.4 Å². The van der Waals surface area contributed by atoms with Gasteiger partial charge in [0, 0.05) is 4.47 Å². The highest BCUT2D eigenvalue weighted by atomic mass is 79.9. The van der Waals surface area contributed by atoms with Crippen molar-refractivity contribution in [2.45, 2.75) is 33.7 Å². The van der Waals surface area contributed by atoms with E-state index in [0.29, 0.717) is 49.8 Å². The van der Waals surface area contributed by atoms with Gasteiger partial charge in [0.2, 0.25) is 0 Å². The molecule has 2 aromatic carbocycles. The molecule has 3 aromatic rings. The Bertz CT molecular complexity index is 1630. The third kappa shape index (κ3) is 5.85. The highest BCUT2D eigenvalue weighted by Crippen LogP contribution is 2.41. The number of carbonyl (C=O) groups excluding carboxylic acids is 1. The number of rotatable bonds is 9. The summed E-state index contributed by atoms with van der Waals surface area (Å²) in [6.45, 7) is 8.47. The van der Waals surface area contributed by atoms with Crippen LogP contribution in [0.15, 0.2) is 60.3 Å². The van der Waals surface area contributed by atoms with Crippen LogP contribution in [0, 0.1) is 0 Å². The van der Waals surface area contributed by atoms with Crippen LogP contribution in [0.25, 0.3) is 6.08 Å². The molecule has 0 saturated carbocycles. The van der Waals surface area contributed by atoms with E-state index in [1.807, 2.05) is 32.0 Å². The SMILES string of the molecule is CCOC(=O)C1=C(C)N=c2s/c(=C/c3ccc(OCC)c(Br)c3)c(=O)n2[C@H]1c1cc(OC)c(OCC)cc1Br. The summed E-state index contributed by atoms with van der Waals surface area (Å²) in [4.78, 5) is 32.3. The zero-order valence-electron chi connectivity index (χ0n) is 22.2. The number of hydrogen-bond acceptors (Lipinski definition) is 8. The van der Waals surface area contributed by atoms with Gasteiger partial charge in [-0.05, 0) is 85.1 Å². The number of benzene rings is 2. The van der Waals surface area contributed by atoms with Gasteiger partial charge in [-0.25, -0.2) is 9.79 Å². The fourth-order valence-electron chi connectivity index (χ4n) is 4.30. The molecule has 11 heteroatoms. The predicted octanol–water partition coefficient (Wildman–Crippen LogP) is 5.13. The van der Waals surface area contributed by atoms with Gasteiger partial charge in [-0.3, -0.25) is 9.36 Å². The van der Waals surface area contributed by atoms with Crippen molar-refractivity contribution >= 4 is 55.2 Å². The van der Waals surface area contributed by atoms with Crippen LogP contribution in [-0.4, -0.2) is 37.5 Å². The lowest BCUT2D eigenvalue weighted by Crippen LogP contribution is -2.40. The maximum Gasteiger partial charge on any atom is 0.338 e. The van der Waals surface area contributed by atoms with Crippen LogP contribution in [-0.2, 0) is 9.53 Å². The van der Waals surface area contributed by atoms with Crippen LogP contribution in [0.1, 0.15) is 44.9 Å². The van der Waals surface area contributed by atoms with Gasteiger partial charge in [0.15, 0.2) is 16.3 Å². The number of halogens is 2. The molecule has 1 aromatic heterocycles. The maximum absolute atomic E-state index is 13.9. The fourth-order valence-corrected chi connectivity index (χ4v) is 6.40. The Morgan fingerprint density at radius 1 is 1.03 bits per heavy atom. The summed E-state index contributed by atoms with van der Waals surface area (Å²) in [6, 6.07) is 8.39. The quantitative estimate of drug-likeness (QED) is 0.292. The molecule has 8 nitrogen and oxygen atoms in total. The smallest absolute Gasteiger partial charge is 0.338 e. The van der Waals surface area contributed by atoms with E-state index >= 15 is 0 Å².